The van der Waals surface area contributed by atoms with Gasteiger partial charge in [-0.2, -0.15) is 0 Å². The number of nitrogens with zero attached hydrogens (tertiary/aromatic N) is 5. The van der Waals surface area contributed by atoms with Crippen molar-refractivity contribution in [2.24, 2.45) is 16.6 Å². The smallest absolute Gasteiger partial charge is 0.410 e. The Labute approximate surface area is 551 Å². The molecule has 95 heavy (non-hydrogen) atoms. The fourth-order valence-electron chi connectivity index (χ4n) is 12.3. The number of hydrogen-bond donors (Lipinski definition) is 6. The molecule has 0 aromatic heterocycles. The maximum absolute atomic E-state index is 14.3. The molecule has 4 atom stereocenters. The number of imide groups is 1. The number of unbranched alkanes of at least 4 members (excludes halogenated alkanes) is 2. The number of hydrogen-bond acceptors (Lipinski definition) is 17. The number of nitrogens with two attached hydrogens (primary N) is 1. The van der Waals surface area contributed by atoms with Crippen molar-refractivity contribution < 1.29 is 66.8 Å². The Bertz CT molecular complexity index is 3750. The zero-order chi connectivity index (χ0) is 67.2. The Kier molecular flexibility index (Phi) is 22.1. The number of primary amides is 1. The van der Waals surface area contributed by atoms with Gasteiger partial charge in [0.2, 0.25) is 11.8 Å². The van der Waals surface area contributed by atoms with Crippen LogP contribution in [0.15, 0.2) is 114 Å². The Morgan fingerprint density at radius 2 is 1.39 bits per heavy atom. The first-order valence-electron chi connectivity index (χ1n) is 32.1. The number of methoxy groups -OCH3 is 2. The van der Waals surface area contributed by atoms with E-state index in [4.69, 9.17) is 34.4 Å². The highest BCUT2D eigenvalue weighted by Gasteiger charge is 2.39. The van der Waals surface area contributed by atoms with Crippen LogP contribution < -0.4 is 51.3 Å². The number of carbonyl (C=O) groups is 9. The second kappa shape index (κ2) is 31.1. The van der Waals surface area contributed by atoms with E-state index in [0.717, 1.165) is 21.6 Å². The maximum Gasteiger partial charge on any atom is 0.410 e. The SMILES string of the molecule is COc1cc2c(cc1OCCN(CCOc1cc3c(cc1OC)C(=O)N1Cc4ccccc4CC1CN3)C(=O)OCc1ccc(NC(=O)[C@H](CCCNC(N)=O)NC[C@](C=O)(NC(=O)CCCCCN3C(=O)C=CC3=O)C(C)C)cc1)N=C[C@@H]1Cc3ccccc3CN1C2=O. The topological polar surface area (TPSA) is 311 Å². The molecule has 0 spiro atoms. The number of urea groups is 1. The molecule has 500 valence electrons. The van der Waals surface area contributed by atoms with E-state index < -0.39 is 35.5 Å². The Morgan fingerprint density at radius 3 is 2.04 bits per heavy atom. The van der Waals surface area contributed by atoms with E-state index in [1.165, 1.54) is 36.8 Å². The largest absolute Gasteiger partial charge is 0.493 e. The molecule has 25 nitrogen and oxygen atoms in total. The van der Waals surface area contributed by atoms with Gasteiger partial charge in [0.05, 0.1) is 67.9 Å². The first-order valence-corrected chi connectivity index (χ1v) is 32.1. The summed E-state index contributed by atoms with van der Waals surface area (Å²) in [5, 5.41) is 15.0. The predicted molar refractivity (Wildman–Crippen MR) is 353 cm³/mol. The van der Waals surface area contributed by atoms with Crippen molar-refractivity contribution in [3.63, 3.8) is 0 Å². The summed E-state index contributed by atoms with van der Waals surface area (Å²) >= 11 is 0. The monoisotopic (exact) mass is 1300 g/mol. The van der Waals surface area contributed by atoms with Gasteiger partial charge in [0.15, 0.2) is 23.0 Å². The lowest BCUT2D eigenvalue weighted by atomic mass is 9.86. The van der Waals surface area contributed by atoms with E-state index in [1.807, 2.05) is 46.2 Å². The van der Waals surface area contributed by atoms with Gasteiger partial charge in [-0.15, -0.1) is 0 Å². The molecular weight excluding hydrogens is 1220 g/mol. The van der Waals surface area contributed by atoms with Crippen molar-refractivity contribution in [2.75, 3.05) is 77.3 Å². The van der Waals surface area contributed by atoms with Crippen LogP contribution in [0.3, 0.4) is 0 Å². The summed E-state index contributed by atoms with van der Waals surface area (Å²) in [7, 11) is 2.97. The fraction of sp³-hybridized carbons (Fsp3) is 0.400. The summed E-state index contributed by atoms with van der Waals surface area (Å²) in [6.45, 7) is 5.03. The molecule has 0 fully saturated rings. The second-order valence-corrected chi connectivity index (χ2v) is 24.4. The lowest BCUT2D eigenvalue weighted by Gasteiger charge is -2.35. The van der Waals surface area contributed by atoms with Crippen molar-refractivity contribution in [3.05, 3.63) is 148 Å². The van der Waals surface area contributed by atoms with Crippen molar-refractivity contribution in [1.29, 1.82) is 0 Å². The normalized spacial score (nSPS) is 16.8. The van der Waals surface area contributed by atoms with E-state index in [9.17, 15) is 43.2 Å². The molecule has 5 heterocycles. The number of aldehydes is 1. The first kappa shape index (κ1) is 67.6. The number of benzene rings is 5. The Morgan fingerprint density at radius 1 is 0.758 bits per heavy atom. The minimum Gasteiger partial charge on any atom is -0.493 e. The van der Waals surface area contributed by atoms with Crippen molar-refractivity contribution in [2.45, 2.75) is 109 Å². The summed E-state index contributed by atoms with van der Waals surface area (Å²) in [4.78, 5) is 129. The van der Waals surface area contributed by atoms with Gasteiger partial charge in [0.1, 0.15) is 31.6 Å². The molecule has 0 aliphatic carbocycles. The van der Waals surface area contributed by atoms with Crippen molar-refractivity contribution in [1.82, 2.24) is 35.6 Å². The third-order valence-electron chi connectivity index (χ3n) is 17.9. The third-order valence-corrected chi connectivity index (χ3v) is 17.9. The lowest BCUT2D eigenvalue weighted by Crippen LogP contribution is -2.61. The molecular formula is C70H81N11O14. The number of ether oxygens (including phenoxy) is 5. The van der Waals surface area contributed by atoms with Crippen LogP contribution in [-0.2, 0) is 61.2 Å². The molecule has 0 radical (unpaired) electrons. The number of amides is 9. The van der Waals surface area contributed by atoms with Gasteiger partial charge in [-0.1, -0.05) is 80.9 Å². The zero-order valence-electron chi connectivity index (χ0n) is 53.8. The minimum atomic E-state index is -1.41. The van der Waals surface area contributed by atoms with Crippen LogP contribution in [0.4, 0.5) is 26.7 Å². The molecule has 5 aromatic carbocycles. The van der Waals surface area contributed by atoms with Crippen LogP contribution in [0, 0.1) is 5.92 Å². The van der Waals surface area contributed by atoms with Gasteiger partial charge in [-0.3, -0.25) is 38.7 Å². The summed E-state index contributed by atoms with van der Waals surface area (Å²) in [6.07, 6.45) is 7.64. The van der Waals surface area contributed by atoms with Crippen LogP contribution in [0.1, 0.15) is 101 Å². The van der Waals surface area contributed by atoms with E-state index in [-0.39, 0.29) is 107 Å². The molecule has 7 N–H and O–H groups in total. The fourth-order valence-corrected chi connectivity index (χ4v) is 12.3. The standard InChI is InChI=1S/C70H81N11O14/c1-44(2)70(43-82,77-62(83)18-6-5-11-26-79-63(84)23-24-64(79)85)42-75-55(17-12-25-72-68(71)89)65(86)76-50-21-19-45(20-22-50)41-95-69(90)78(27-29-93-60-35-56-53(33-58(60)91-3)66(87)80-39-48-15-9-7-13-46(48)31-51(80)37-73-56)28-30-94-61-36-57-54(34-59(61)92-4)67(88)81-40-49-16-10-8-14-47(49)32-52(81)38-74-57/h7-10,13-16,19-24,33-37,43-44,51-52,55,74-75H,5-6,11-12,17-18,25-32,38-42H2,1-4H3,(H,76,86)(H,77,83)(H3,71,72,89)/t51-,52?,55-,70+/m0/s1. The molecule has 10 rings (SSSR count). The zero-order valence-corrected chi connectivity index (χ0v) is 53.8. The van der Waals surface area contributed by atoms with Crippen LogP contribution in [0.2, 0.25) is 0 Å². The quantitative estimate of drug-likeness (QED) is 0.0160. The highest BCUT2D eigenvalue weighted by molar-refractivity contribution is 6.13. The van der Waals surface area contributed by atoms with Gasteiger partial charge >= 0.3 is 12.1 Å². The lowest BCUT2D eigenvalue weighted by molar-refractivity contribution is -0.137. The van der Waals surface area contributed by atoms with Crippen LogP contribution in [0.5, 0.6) is 23.0 Å². The van der Waals surface area contributed by atoms with Crippen LogP contribution >= 0.6 is 0 Å². The number of rotatable bonds is 30. The van der Waals surface area contributed by atoms with Crippen LogP contribution in [0.25, 0.3) is 0 Å². The average molecular weight is 1300 g/mol. The number of nitrogens with one attached hydrogen (secondary N) is 5. The summed E-state index contributed by atoms with van der Waals surface area (Å²) in [5.41, 5.74) is 11.3. The number of carbonyl (C=O) groups excluding carboxylic acids is 9. The molecule has 5 aliphatic heterocycles. The molecule has 0 saturated carbocycles. The summed E-state index contributed by atoms with van der Waals surface area (Å²) in [6, 6.07) is 27.6. The first-order chi connectivity index (χ1) is 45.9. The predicted octanol–water partition coefficient (Wildman–Crippen LogP) is 6.62. The number of anilines is 2. The van der Waals surface area contributed by atoms with Crippen molar-refractivity contribution >= 4 is 77.1 Å². The summed E-state index contributed by atoms with van der Waals surface area (Å²) < 4.78 is 30.2. The minimum absolute atomic E-state index is 0.000879. The summed E-state index contributed by atoms with van der Waals surface area (Å²) in [5.74, 6) is -1.03. The molecule has 0 bridgehead atoms. The number of aliphatic imine (C=N–C) groups is 1. The van der Waals surface area contributed by atoms with E-state index in [1.54, 1.807) is 68.6 Å². The van der Waals surface area contributed by atoms with E-state index >= 15 is 0 Å². The molecule has 0 saturated heterocycles. The molecule has 1 unspecified atom stereocenters. The maximum atomic E-state index is 14.3. The second-order valence-electron chi connectivity index (χ2n) is 24.4. The van der Waals surface area contributed by atoms with Gasteiger partial charge < -0.3 is 75.5 Å². The van der Waals surface area contributed by atoms with Gasteiger partial charge in [0, 0.05) is 81.9 Å². The molecule has 5 aliphatic rings. The molecule has 5 aromatic rings. The van der Waals surface area contributed by atoms with Crippen LogP contribution in [-0.4, -0.2) is 170 Å². The van der Waals surface area contributed by atoms with Gasteiger partial charge in [0.25, 0.3) is 23.6 Å². The Hall–Kier alpha value is -10.3. The Balaban J connectivity index is 0.790. The number of fused-ring (bicyclic) bond motifs is 6. The third kappa shape index (κ3) is 16.4. The highest BCUT2D eigenvalue weighted by atomic mass is 16.6. The molecule has 25 heteroatoms. The van der Waals surface area contributed by atoms with E-state index in [0.29, 0.717) is 121 Å². The average Bonchev–Trinajstić information content (AvgIpc) is 1.73. The highest BCUT2D eigenvalue weighted by Crippen LogP contribution is 2.40. The van der Waals surface area contributed by atoms with Gasteiger partial charge in [-0.25, -0.2) is 9.59 Å². The molecule has 9 amide bonds. The van der Waals surface area contributed by atoms with E-state index in [2.05, 4.69) is 38.7 Å². The van der Waals surface area contributed by atoms with Gasteiger partial charge in [-0.05, 0) is 96.5 Å². The van der Waals surface area contributed by atoms with Crippen molar-refractivity contribution in [3.8, 4) is 23.0 Å².